The fourth-order valence-corrected chi connectivity index (χ4v) is 4.40. The lowest BCUT2D eigenvalue weighted by Crippen LogP contribution is -2.39. The van der Waals surface area contributed by atoms with Gasteiger partial charge in [-0.1, -0.05) is 11.6 Å². The van der Waals surface area contributed by atoms with Gasteiger partial charge in [-0.3, -0.25) is 13.9 Å². The number of hydrogen-bond acceptors (Lipinski definition) is 6. The van der Waals surface area contributed by atoms with Crippen molar-refractivity contribution in [2.45, 2.75) is 19.2 Å². The van der Waals surface area contributed by atoms with Gasteiger partial charge in [-0.05, 0) is 25.1 Å². The van der Waals surface area contributed by atoms with Crippen LogP contribution in [-0.4, -0.2) is 43.8 Å². The largest absolute Gasteiger partial charge is 0.423 e. The molecule has 5 rings (SSSR count). The Morgan fingerprint density at radius 3 is 2.64 bits per heavy atom. The van der Waals surface area contributed by atoms with Gasteiger partial charge >= 0.3 is 6.18 Å². The van der Waals surface area contributed by atoms with Crippen LogP contribution in [0.3, 0.4) is 0 Å². The first-order chi connectivity index (χ1) is 17.0. The number of hydrogen-bond donors (Lipinski definition) is 0. The first-order valence-electron chi connectivity index (χ1n) is 10.8. The van der Waals surface area contributed by atoms with Crippen molar-refractivity contribution >= 4 is 23.1 Å². The summed E-state index contributed by atoms with van der Waals surface area (Å²) in [6.07, 6.45) is -0.664. The summed E-state index contributed by atoms with van der Waals surface area (Å²) in [5.74, 6) is -0.582. The predicted octanol–water partition coefficient (Wildman–Crippen LogP) is 4.19. The van der Waals surface area contributed by atoms with Crippen molar-refractivity contribution in [1.29, 1.82) is 0 Å². The van der Waals surface area contributed by atoms with Crippen molar-refractivity contribution in [2.24, 2.45) is 7.05 Å². The summed E-state index contributed by atoms with van der Waals surface area (Å²) in [4.78, 5) is 23.4. The number of fused-ring (bicyclic) bond motifs is 1. The number of alkyl halides is 3. The van der Waals surface area contributed by atoms with Crippen molar-refractivity contribution in [2.75, 3.05) is 24.6 Å². The molecule has 13 heteroatoms. The molecule has 1 fully saturated rings. The molecule has 0 saturated carbocycles. The van der Waals surface area contributed by atoms with Crippen LogP contribution >= 0.6 is 11.6 Å². The Bertz CT molecular complexity index is 1530. The lowest BCUT2D eigenvalue weighted by Gasteiger charge is -2.33. The van der Waals surface area contributed by atoms with E-state index < -0.39 is 28.8 Å². The van der Waals surface area contributed by atoms with E-state index in [2.05, 4.69) is 15.1 Å². The molecular formula is C23H19ClF4N6O2. The van der Waals surface area contributed by atoms with Gasteiger partial charge in [-0.15, -0.1) is 0 Å². The molecule has 4 aromatic rings. The second kappa shape index (κ2) is 8.86. The summed E-state index contributed by atoms with van der Waals surface area (Å²) in [6, 6.07) is 3.83. The van der Waals surface area contributed by atoms with Gasteiger partial charge in [0, 0.05) is 35.9 Å². The SMILES string of the molecule is Cc1nc2c(-c3ccc(Cl)cc3F)nc(N3CCOC(c4cnn(C)c4)C3)cn2c(=O)c1C(F)(F)F. The van der Waals surface area contributed by atoms with E-state index in [4.69, 9.17) is 16.3 Å². The molecular weight excluding hydrogens is 504 g/mol. The first-order valence-corrected chi connectivity index (χ1v) is 11.2. The van der Waals surface area contributed by atoms with Gasteiger partial charge in [-0.25, -0.2) is 14.4 Å². The summed E-state index contributed by atoms with van der Waals surface area (Å²) < 4.78 is 64.2. The molecule has 1 aliphatic heterocycles. The molecule has 1 aliphatic rings. The summed E-state index contributed by atoms with van der Waals surface area (Å²) in [5, 5.41) is 4.27. The highest BCUT2D eigenvalue weighted by Gasteiger charge is 2.38. The van der Waals surface area contributed by atoms with E-state index in [-0.39, 0.29) is 40.4 Å². The second-order valence-corrected chi connectivity index (χ2v) is 8.83. The maximum Gasteiger partial charge on any atom is 0.423 e. The first kappa shape index (κ1) is 24.2. The van der Waals surface area contributed by atoms with Crippen molar-refractivity contribution in [3.8, 4) is 11.3 Å². The predicted molar refractivity (Wildman–Crippen MR) is 124 cm³/mol. The van der Waals surface area contributed by atoms with E-state index in [9.17, 15) is 22.4 Å². The van der Waals surface area contributed by atoms with Crippen LogP contribution in [0.15, 0.2) is 41.6 Å². The number of aryl methyl sites for hydroxylation is 2. The Morgan fingerprint density at radius 2 is 1.97 bits per heavy atom. The van der Waals surface area contributed by atoms with E-state index in [1.54, 1.807) is 29.0 Å². The zero-order chi connectivity index (χ0) is 25.8. The average Bonchev–Trinajstić information content (AvgIpc) is 3.24. The van der Waals surface area contributed by atoms with Crippen molar-refractivity contribution < 1.29 is 22.3 Å². The van der Waals surface area contributed by atoms with E-state index >= 15 is 0 Å². The summed E-state index contributed by atoms with van der Waals surface area (Å²) >= 11 is 5.89. The Balaban J connectivity index is 1.72. The fraction of sp³-hybridized carbons (Fsp3) is 0.304. The third-order valence-electron chi connectivity index (χ3n) is 5.94. The molecule has 0 radical (unpaired) electrons. The molecule has 4 heterocycles. The molecule has 0 amide bonds. The number of rotatable bonds is 3. The molecule has 0 bridgehead atoms. The average molecular weight is 523 g/mol. The van der Waals surface area contributed by atoms with Crippen LogP contribution in [0.4, 0.5) is 23.4 Å². The topological polar surface area (TPSA) is 77.6 Å². The van der Waals surface area contributed by atoms with Crippen LogP contribution in [0.1, 0.15) is 22.9 Å². The molecule has 1 aromatic carbocycles. The number of benzene rings is 1. The Hall–Kier alpha value is -3.51. The number of ether oxygens (including phenoxy) is 1. The summed E-state index contributed by atoms with van der Waals surface area (Å²) in [7, 11) is 1.77. The van der Waals surface area contributed by atoms with Crippen LogP contribution < -0.4 is 10.5 Å². The van der Waals surface area contributed by atoms with Gasteiger partial charge in [0.1, 0.15) is 29.0 Å². The molecule has 1 atom stereocenters. The fourth-order valence-electron chi connectivity index (χ4n) is 4.24. The van der Waals surface area contributed by atoms with E-state index in [0.29, 0.717) is 13.2 Å². The molecule has 0 spiro atoms. The maximum absolute atomic E-state index is 14.9. The molecule has 0 N–H and O–H groups in total. The van der Waals surface area contributed by atoms with Crippen LogP contribution in [0.5, 0.6) is 0 Å². The molecule has 1 unspecified atom stereocenters. The highest BCUT2D eigenvalue weighted by Crippen LogP contribution is 2.33. The number of nitrogens with zero attached hydrogens (tertiary/aromatic N) is 6. The minimum Gasteiger partial charge on any atom is -0.370 e. The minimum absolute atomic E-state index is 0.0538. The number of morpholine rings is 1. The van der Waals surface area contributed by atoms with E-state index in [1.165, 1.54) is 18.3 Å². The smallest absolute Gasteiger partial charge is 0.370 e. The highest BCUT2D eigenvalue weighted by molar-refractivity contribution is 6.30. The van der Waals surface area contributed by atoms with Crippen LogP contribution in [-0.2, 0) is 18.0 Å². The van der Waals surface area contributed by atoms with Gasteiger partial charge in [0.15, 0.2) is 5.65 Å². The van der Waals surface area contributed by atoms with Crippen LogP contribution in [0, 0.1) is 12.7 Å². The molecule has 0 aliphatic carbocycles. The van der Waals surface area contributed by atoms with Gasteiger partial charge < -0.3 is 9.64 Å². The zero-order valence-corrected chi connectivity index (χ0v) is 19.8. The zero-order valence-electron chi connectivity index (χ0n) is 19.1. The van der Waals surface area contributed by atoms with Gasteiger partial charge in [-0.2, -0.15) is 18.3 Å². The normalized spacial score (nSPS) is 16.6. The molecule has 188 valence electrons. The summed E-state index contributed by atoms with van der Waals surface area (Å²) in [5.41, 5.74) is -2.77. The van der Waals surface area contributed by atoms with Crippen LogP contribution in [0.25, 0.3) is 16.9 Å². The molecule has 3 aromatic heterocycles. The second-order valence-electron chi connectivity index (χ2n) is 8.39. The van der Waals surface area contributed by atoms with Crippen LogP contribution in [0.2, 0.25) is 5.02 Å². The molecule has 8 nitrogen and oxygen atoms in total. The Kier molecular flexibility index (Phi) is 5.95. The Morgan fingerprint density at radius 1 is 1.19 bits per heavy atom. The van der Waals surface area contributed by atoms with Crippen molar-refractivity contribution in [3.05, 3.63) is 74.8 Å². The van der Waals surface area contributed by atoms with E-state index in [0.717, 1.165) is 23.0 Å². The Labute approximate surface area is 206 Å². The van der Waals surface area contributed by atoms with E-state index in [1.807, 2.05) is 0 Å². The monoisotopic (exact) mass is 522 g/mol. The number of halogens is 5. The quantitative estimate of drug-likeness (QED) is 0.376. The minimum atomic E-state index is -4.92. The van der Waals surface area contributed by atoms with Crippen molar-refractivity contribution in [3.63, 3.8) is 0 Å². The van der Waals surface area contributed by atoms with Crippen molar-refractivity contribution in [1.82, 2.24) is 24.1 Å². The third kappa shape index (κ3) is 4.30. The van der Waals surface area contributed by atoms with Gasteiger partial charge in [0.05, 0.1) is 31.2 Å². The standard InChI is InChI=1S/C23H19ClF4N6O2/c1-12-19(23(26,27)28)22(35)34-11-18(33-5-6-36-17(10-33)13-8-29-32(2)9-13)31-20(21(34)30-12)15-4-3-14(24)7-16(15)25/h3-4,7-9,11,17H,5-6,10H2,1-2H3. The molecule has 1 saturated heterocycles. The number of anilines is 1. The third-order valence-corrected chi connectivity index (χ3v) is 6.17. The highest BCUT2D eigenvalue weighted by atomic mass is 35.5. The maximum atomic E-state index is 14.9. The number of aromatic nitrogens is 5. The lowest BCUT2D eigenvalue weighted by atomic mass is 10.1. The lowest BCUT2D eigenvalue weighted by molar-refractivity contribution is -0.139. The van der Waals surface area contributed by atoms with Gasteiger partial charge in [0.25, 0.3) is 5.56 Å². The van der Waals surface area contributed by atoms with Gasteiger partial charge in [0.2, 0.25) is 0 Å². The summed E-state index contributed by atoms with van der Waals surface area (Å²) in [6.45, 7) is 2.00. The molecule has 36 heavy (non-hydrogen) atoms.